The van der Waals surface area contributed by atoms with Crippen molar-refractivity contribution in [1.29, 1.82) is 0 Å². The molecular weight excluding hydrogens is 210 g/mol. The summed E-state index contributed by atoms with van der Waals surface area (Å²) in [6.45, 7) is 7.07. The quantitative estimate of drug-likeness (QED) is 0.669. The third kappa shape index (κ3) is 2.65. The molecule has 0 spiro atoms. The molecule has 0 aromatic heterocycles. The second-order valence-corrected chi connectivity index (χ2v) is 5.49. The van der Waals surface area contributed by atoms with Crippen molar-refractivity contribution in [2.75, 3.05) is 19.7 Å². The molecule has 2 fully saturated rings. The largest absolute Gasteiger partial charge is 0.444 e. The van der Waals surface area contributed by atoms with E-state index in [0.29, 0.717) is 19.7 Å². The predicted octanol–water partition coefficient (Wildman–Crippen LogP) is 0.613. The van der Waals surface area contributed by atoms with E-state index < -0.39 is 11.7 Å². The lowest BCUT2D eigenvalue weighted by atomic mass is 10.0. The minimum atomic E-state index is -0.490. The molecule has 2 heterocycles. The molecular formula is C11H19NO4. The number of carbonyl (C=O) groups is 1. The first-order valence-corrected chi connectivity index (χ1v) is 5.64. The molecule has 0 aliphatic carbocycles. The molecule has 0 bridgehead atoms. The summed E-state index contributed by atoms with van der Waals surface area (Å²) in [6.07, 6.45) is -0.711. The standard InChI is InChI=1S/C11H19NO4/c1-11(2,3)16-10(14)12-4-7(8(13)5-12)9-6-15-9/h7-9,13H,4-6H2,1-3H3/t7-,8+,9-/m1/s1. The van der Waals surface area contributed by atoms with Crippen LogP contribution in [0.25, 0.3) is 0 Å². The van der Waals surface area contributed by atoms with Gasteiger partial charge in [0.25, 0.3) is 0 Å². The second kappa shape index (κ2) is 3.89. The molecule has 0 radical (unpaired) electrons. The number of nitrogens with zero attached hydrogens (tertiary/aromatic N) is 1. The number of β-amino-alcohol motifs (C(OH)–C–C–N with tert-alkyl or cyclic N) is 1. The minimum absolute atomic E-state index is 0.0486. The molecule has 2 aliphatic rings. The molecule has 16 heavy (non-hydrogen) atoms. The van der Waals surface area contributed by atoms with E-state index in [4.69, 9.17) is 9.47 Å². The van der Waals surface area contributed by atoms with Crippen molar-refractivity contribution in [3.05, 3.63) is 0 Å². The van der Waals surface area contributed by atoms with Crippen LogP contribution in [0.4, 0.5) is 4.79 Å². The summed E-state index contributed by atoms with van der Waals surface area (Å²) >= 11 is 0. The normalized spacial score (nSPS) is 34.0. The highest BCUT2D eigenvalue weighted by Crippen LogP contribution is 2.30. The molecule has 0 aromatic rings. The topological polar surface area (TPSA) is 62.3 Å². The molecule has 0 aromatic carbocycles. The van der Waals surface area contributed by atoms with Gasteiger partial charge in [0.2, 0.25) is 0 Å². The number of likely N-dealkylation sites (tertiary alicyclic amines) is 1. The summed E-state index contributed by atoms with van der Waals surface area (Å²) in [5.74, 6) is 0.0486. The van der Waals surface area contributed by atoms with Crippen molar-refractivity contribution in [2.24, 2.45) is 5.92 Å². The number of aliphatic hydroxyl groups excluding tert-OH is 1. The Bertz CT molecular complexity index is 282. The number of carbonyl (C=O) groups excluding carboxylic acids is 1. The van der Waals surface area contributed by atoms with E-state index >= 15 is 0 Å². The zero-order valence-corrected chi connectivity index (χ0v) is 9.97. The Morgan fingerprint density at radius 3 is 2.56 bits per heavy atom. The summed E-state index contributed by atoms with van der Waals surface area (Å²) < 4.78 is 10.4. The van der Waals surface area contributed by atoms with Gasteiger partial charge >= 0.3 is 6.09 Å². The van der Waals surface area contributed by atoms with Crippen molar-refractivity contribution in [1.82, 2.24) is 4.90 Å². The van der Waals surface area contributed by atoms with Crippen molar-refractivity contribution in [3.63, 3.8) is 0 Å². The predicted molar refractivity (Wildman–Crippen MR) is 57.0 cm³/mol. The van der Waals surface area contributed by atoms with Gasteiger partial charge in [0.05, 0.1) is 25.4 Å². The molecule has 5 heteroatoms. The number of amides is 1. The van der Waals surface area contributed by atoms with Gasteiger partial charge in [-0.2, -0.15) is 0 Å². The van der Waals surface area contributed by atoms with Crippen molar-refractivity contribution < 1.29 is 19.4 Å². The van der Waals surface area contributed by atoms with Gasteiger partial charge in [-0.05, 0) is 20.8 Å². The zero-order chi connectivity index (χ0) is 11.9. The molecule has 0 saturated carbocycles. The van der Waals surface area contributed by atoms with E-state index in [9.17, 15) is 9.90 Å². The fraction of sp³-hybridized carbons (Fsp3) is 0.909. The van der Waals surface area contributed by atoms with E-state index in [1.165, 1.54) is 0 Å². The Morgan fingerprint density at radius 2 is 2.06 bits per heavy atom. The summed E-state index contributed by atoms with van der Waals surface area (Å²) in [5, 5.41) is 9.79. The van der Waals surface area contributed by atoms with Crippen LogP contribution in [0, 0.1) is 5.92 Å². The third-order valence-corrected chi connectivity index (χ3v) is 2.82. The minimum Gasteiger partial charge on any atom is -0.444 e. The Morgan fingerprint density at radius 1 is 1.44 bits per heavy atom. The van der Waals surface area contributed by atoms with E-state index in [-0.39, 0.29) is 18.1 Å². The molecule has 1 amide bonds. The number of ether oxygens (including phenoxy) is 2. The lowest BCUT2D eigenvalue weighted by molar-refractivity contribution is 0.0269. The first-order valence-electron chi connectivity index (χ1n) is 5.64. The number of hydrogen-bond donors (Lipinski definition) is 1. The summed E-state index contributed by atoms with van der Waals surface area (Å²) in [4.78, 5) is 13.3. The molecule has 5 nitrogen and oxygen atoms in total. The second-order valence-electron chi connectivity index (χ2n) is 5.49. The average Bonchev–Trinajstić information content (AvgIpc) is 2.87. The Labute approximate surface area is 95.3 Å². The lowest BCUT2D eigenvalue weighted by Crippen LogP contribution is -2.36. The van der Waals surface area contributed by atoms with Crippen LogP contribution >= 0.6 is 0 Å². The molecule has 2 rings (SSSR count). The maximum Gasteiger partial charge on any atom is 0.410 e. The van der Waals surface area contributed by atoms with Crippen LogP contribution in [0.3, 0.4) is 0 Å². The van der Waals surface area contributed by atoms with Gasteiger partial charge in [0.15, 0.2) is 0 Å². The van der Waals surface area contributed by atoms with E-state index in [1.54, 1.807) is 4.90 Å². The molecule has 0 unspecified atom stereocenters. The van der Waals surface area contributed by atoms with Crippen molar-refractivity contribution in [3.8, 4) is 0 Å². The molecule has 2 aliphatic heterocycles. The van der Waals surface area contributed by atoms with Gasteiger partial charge in [0.1, 0.15) is 5.60 Å². The molecule has 2 saturated heterocycles. The van der Waals surface area contributed by atoms with Gasteiger partial charge < -0.3 is 19.5 Å². The smallest absolute Gasteiger partial charge is 0.410 e. The van der Waals surface area contributed by atoms with Gasteiger partial charge in [-0.15, -0.1) is 0 Å². The summed E-state index contributed by atoms with van der Waals surface area (Å²) in [6, 6.07) is 0. The number of epoxide rings is 1. The van der Waals surface area contributed by atoms with Crippen LogP contribution in [-0.4, -0.2) is 53.6 Å². The molecule has 1 N–H and O–H groups in total. The molecule has 92 valence electrons. The van der Waals surface area contributed by atoms with Gasteiger partial charge in [-0.25, -0.2) is 4.79 Å². The maximum atomic E-state index is 11.7. The van der Waals surface area contributed by atoms with Crippen LogP contribution in [0.1, 0.15) is 20.8 Å². The summed E-state index contributed by atoms with van der Waals surface area (Å²) in [5.41, 5.74) is -0.490. The highest BCUT2D eigenvalue weighted by Gasteiger charge is 2.45. The van der Waals surface area contributed by atoms with Gasteiger partial charge in [-0.3, -0.25) is 0 Å². The summed E-state index contributed by atoms with van der Waals surface area (Å²) in [7, 11) is 0. The van der Waals surface area contributed by atoms with Gasteiger partial charge in [0, 0.05) is 12.5 Å². The van der Waals surface area contributed by atoms with Gasteiger partial charge in [-0.1, -0.05) is 0 Å². The zero-order valence-electron chi connectivity index (χ0n) is 9.97. The van der Waals surface area contributed by atoms with E-state index in [1.807, 2.05) is 20.8 Å². The average molecular weight is 229 g/mol. The monoisotopic (exact) mass is 229 g/mol. The number of hydrogen-bond acceptors (Lipinski definition) is 4. The number of rotatable bonds is 1. The third-order valence-electron chi connectivity index (χ3n) is 2.82. The highest BCUT2D eigenvalue weighted by atomic mass is 16.6. The maximum absolute atomic E-state index is 11.7. The lowest BCUT2D eigenvalue weighted by Gasteiger charge is -2.24. The fourth-order valence-corrected chi connectivity index (χ4v) is 1.96. The molecule has 3 atom stereocenters. The Hall–Kier alpha value is -0.810. The SMILES string of the molecule is CC(C)(C)OC(=O)N1C[C@@H]([C@H]2CO2)[C@@H](O)C1. The van der Waals surface area contributed by atoms with E-state index in [0.717, 1.165) is 0 Å². The van der Waals surface area contributed by atoms with Crippen LogP contribution in [0.15, 0.2) is 0 Å². The van der Waals surface area contributed by atoms with Crippen molar-refractivity contribution >= 4 is 6.09 Å². The first kappa shape index (κ1) is 11.7. The van der Waals surface area contributed by atoms with Crippen LogP contribution in [0.5, 0.6) is 0 Å². The fourth-order valence-electron chi connectivity index (χ4n) is 1.96. The Balaban J connectivity index is 1.89. The van der Waals surface area contributed by atoms with Crippen LogP contribution in [0.2, 0.25) is 0 Å². The van der Waals surface area contributed by atoms with Crippen molar-refractivity contribution in [2.45, 2.75) is 38.6 Å². The first-order chi connectivity index (χ1) is 7.37. The Kier molecular flexibility index (Phi) is 2.84. The van der Waals surface area contributed by atoms with E-state index in [2.05, 4.69) is 0 Å². The van der Waals surface area contributed by atoms with Crippen LogP contribution < -0.4 is 0 Å². The number of aliphatic hydroxyl groups is 1. The highest BCUT2D eigenvalue weighted by molar-refractivity contribution is 5.68. The van der Waals surface area contributed by atoms with Crippen LogP contribution in [-0.2, 0) is 9.47 Å².